The molecule has 63 heavy (non-hydrogen) atoms. The van der Waals surface area contributed by atoms with Crippen LogP contribution in [0.4, 0.5) is 15.0 Å². The van der Waals surface area contributed by atoms with E-state index in [1.165, 1.54) is 6.42 Å². The van der Waals surface area contributed by atoms with Crippen molar-refractivity contribution in [3.05, 3.63) is 75.6 Å². The molecule has 1 saturated carbocycles. The third kappa shape index (κ3) is 8.47. The minimum absolute atomic E-state index is 0.0143. The largest absolute Gasteiger partial charge is 0.486 e. The number of aromatic nitrogens is 2. The molecule has 10 rings (SSSR count). The van der Waals surface area contributed by atoms with Gasteiger partial charge in [-0.25, -0.2) is 14.2 Å². The molecule has 5 fully saturated rings. The molecule has 0 spiro atoms. The Hall–Kier alpha value is -5.25. The van der Waals surface area contributed by atoms with E-state index in [2.05, 4.69) is 28.1 Å². The first kappa shape index (κ1) is 41.7. The normalized spacial score (nSPS) is 24.2. The minimum Gasteiger partial charge on any atom is -0.486 e. The van der Waals surface area contributed by atoms with Gasteiger partial charge in [0.15, 0.2) is 12.0 Å². The predicted molar refractivity (Wildman–Crippen MR) is 239 cm³/mol. The Bertz CT molecular complexity index is 2460. The van der Waals surface area contributed by atoms with Crippen LogP contribution in [0.15, 0.2) is 36.4 Å². The van der Waals surface area contributed by atoms with Gasteiger partial charge in [-0.1, -0.05) is 18.1 Å². The van der Waals surface area contributed by atoms with Crippen molar-refractivity contribution < 1.29 is 37.9 Å². The number of hydrogen-bond donors (Lipinski definition) is 1. The van der Waals surface area contributed by atoms with Crippen LogP contribution in [0.2, 0.25) is 0 Å². The molecule has 11 nitrogen and oxygen atoms in total. The van der Waals surface area contributed by atoms with E-state index in [0.717, 1.165) is 115 Å². The van der Waals surface area contributed by atoms with Crippen LogP contribution in [0.3, 0.4) is 0 Å². The van der Waals surface area contributed by atoms with E-state index >= 15 is 4.39 Å². The summed E-state index contributed by atoms with van der Waals surface area (Å²) in [6.45, 7) is 11.5. The number of hydrogen-bond acceptors (Lipinski definition) is 9. The van der Waals surface area contributed by atoms with Crippen molar-refractivity contribution in [3.63, 3.8) is 0 Å². The van der Waals surface area contributed by atoms with Crippen LogP contribution >= 0.6 is 0 Å². The molecule has 1 N–H and O–H groups in total. The number of halogens is 1. The third-order valence-corrected chi connectivity index (χ3v) is 13.8. The number of rotatable bonds is 11. The summed E-state index contributed by atoms with van der Waals surface area (Å²) in [5, 5.41) is 0.847. The number of nitrogens with one attached hydrogen (secondary N) is 1. The van der Waals surface area contributed by atoms with E-state index in [0.29, 0.717) is 43.1 Å². The molecule has 5 atom stereocenters. The van der Waals surface area contributed by atoms with E-state index in [-0.39, 0.29) is 60.7 Å². The van der Waals surface area contributed by atoms with Crippen molar-refractivity contribution in [2.75, 3.05) is 44.4 Å². The first-order valence-corrected chi connectivity index (χ1v) is 23.1. The van der Waals surface area contributed by atoms with Crippen LogP contribution in [-0.2, 0) is 20.8 Å². The summed E-state index contributed by atoms with van der Waals surface area (Å²) in [5.74, 6) is 4.17. The number of fused-ring (bicyclic) bond motifs is 4. The van der Waals surface area contributed by atoms with Gasteiger partial charge in [0.05, 0.1) is 31.4 Å². The first-order valence-electron chi connectivity index (χ1n) is 23.1. The maximum Gasteiger partial charge on any atom is 0.410 e. The average Bonchev–Trinajstić information content (AvgIpc) is 3.61. The number of terminal acetylenes is 1. The molecule has 12 heteroatoms. The molecule has 1 amide bonds. The zero-order valence-corrected chi connectivity index (χ0v) is 37.0. The van der Waals surface area contributed by atoms with Gasteiger partial charge in [0.1, 0.15) is 42.0 Å². The van der Waals surface area contributed by atoms with Gasteiger partial charge in [0.25, 0.3) is 0 Å². The molecule has 6 aliphatic rings. The standard InChI is InChI=1S/C51H58FN5O6/c1-6-31-10-12-32(13-11-31)28-61-47-45(44-30(2)43(52)23-39-34(24-53-25-42(39)44)16-17-37-9-7-8-19-60-37)40(33-14-15-33)22-41-46(47)54-49(62-38-18-20-59-29-38)55-48(41)56-26-36-21-35(56)27-57(36)50(58)63-51(3,4)5/h1,10-13,22-23,25,33-38H,7-9,14-21,24,26-29H2,2-5H3/p+1/t34?,35-,36-,37?,38-/m0/s1. The van der Waals surface area contributed by atoms with Gasteiger partial charge >= 0.3 is 12.1 Å². The highest BCUT2D eigenvalue weighted by atomic mass is 19.1. The van der Waals surface area contributed by atoms with Gasteiger partial charge in [-0.2, -0.15) is 9.97 Å². The monoisotopic (exact) mass is 856 g/mol. The summed E-state index contributed by atoms with van der Waals surface area (Å²) in [6.07, 6.45) is 16.3. The average molecular weight is 857 g/mol. The van der Waals surface area contributed by atoms with Crippen molar-refractivity contribution in [2.45, 2.75) is 134 Å². The molecule has 3 aromatic carbocycles. The summed E-state index contributed by atoms with van der Waals surface area (Å²) >= 11 is 0. The second kappa shape index (κ2) is 17.0. The number of nitrogens with zero attached hydrogens (tertiary/aromatic N) is 4. The summed E-state index contributed by atoms with van der Waals surface area (Å²) in [6, 6.07) is 12.0. The highest BCUT2D eigenvalue weighted by Crippen LogP contribution is 2.54. The lowest BCUT2D eigenvalue weighted by Gasteiger charge is -2.36. The van der Waals surface area contributed by atoms with Gasteiger partial charge in [0.2, 0.25) is 0 Å². The van der Waals surface area contributed by atoms with Crippen LogP contribution in [-0.4, -0.2) is 96.5 Å². The molecule has 330 valence electrons. The van der Waals surface area contributed by atoms with Crippen LogP contribution < -0.4 is 19.4 Å². The van der Waals surface area contributed by atoms with Crippen LogP contribution in [0, 0.1) is 25.1 Å². The lowest BCUT2D eigenvalue weighted by molar-refractivity contribution is -0.457. The molecule has 1 aromatic heterocycles. The van der Waals surface area contributed by atoms with Gasteiger partial charge in [-0.05, 0) is 131 Å². The zero-order valence-electron chi connectivity index (χ0n) is 37.0. The van der Waals surface area contributed by atoms with Crippen molar-refractivity contribution in [3.8, 4) is 35.2 Å². The highest BCUT2D eigenvalue weighted by molar-refractivity contribution is 6.04. The Morgan fingerprint density at radius 3 is 2.54 bits per heavy atom. The SMILES string of the molecule is C#Cc1ccc(COc2c(-c3c(C)c(F)cc4c3C=[NH+]CC4CCC3CCCCO3)c(C3CC3)cc3c(N4C[C@@H]5C[C@H]4CN5C(=O)OC(C)(C)C)nc(O[C@H]4CCOC4)nc23)cc1. The second-order valence-electron chi connectivity index (χ2n) is 19.4. The maximum absolute atomic E-state index is 16.7. The van der Waals surface area contributed by atoms with Crippen molar-refractivity contribution in [1.82, 2.24) is 14.9 Å². The molecule has 2 bridgehead atoms. The molecule has 2 unspecified atom stereocenters. The molecule has 4 saturated heterocycles. The third-order valence-electron chi connectivity index (χ3n) is 13.8. The van der Waals surface area contributed by atoms with E-state index in [4.69, 9.17) is 40.1 Å². The van der Waals surface area contributed by atoms with Gasteiger partial charge in [-0.15, -0.1) is 6.42 Å². The van der Waals surface area contributed by atoms with Crippen molar-refractivity contribution >= 4 is 29.0 Å². The van der Waals surface area contributed by atoms with Gasteiger partial charge in [-0.3, -0.25) is 0 Å². The van der Waals surface area contributed by atoms with Crippen molar-refractivity contribution in [2.24, 2.45) is 0 Å². The number of carbonyl (C=O) groups is 1. The summed E-state index contributed by atoms with van der Waals surface area (Å²) in [7, 11) is 0. The Balaban J connectivity index is 1.14. The lowest BCUT2D eigenvalue weighted by Crippen LogP contribution is -2.72. The Kier molecular flexibility index (Phi) is 11.3. The number of carbonyl (C=O) groups excluding carboxylic acids is 1. The molecule has 0 radical (unpaired) electrons. The second-order valence-corrected chi connectivity index (χ2v) is 19.4. The topological polar surface area (TPSA) is 109 Å². The van der Waals surface area contributed by atoms with E-state index in [9.17, 15) is 4.79 Å². The fraction of sp³-hybridized carbons (Fsp3) is 0.529. The number of ether oxygens (including phenoxy) is 5. The minimum atomic E-state index is -0.591. The Morgan fingerprint density at radius 1 is 1.00 bits per heavy atom. The van der Waals surface area contributed by atoms with Crippen molar-refractivity contribution in [1.29, 1.82) is 0 Å². The zero-order chi connectivity index (χ0) is 43.4. The highest BCUT2D eigenvalue weighted by Gasteiger charge is 2.48. The van der Waals surface area contributed by atoms with E-state index < -0.39 is 5.60 Å². The van der Waals surface area contributed by atoms with E-state index in [1.54, 1.807) is 6.07 Å². The number of piperazine rings is 1. The fourth-order valence-corrected chi connectivity index (χ4v) is 10.4. The van der Waals surface area contributed by atoms with Crippen LogP contribution in [0.25, 0.3) is 22.0 Å². The maximum atomic E-state index is 16.7. The number of amides is 1. The predicted octanol–water partition coefficient (Wildman–Crippen LogP) is 7.49. The Morgan fingerprint density at radius 2 is 1.84 bits per heavy atom. The number of likely N-dealkylation sites (tertiary alicyclic amines) is 1. The summed E-state index contributed by atoms with van der Waals surface area (Å²) < 4.78 is 48.1. The molecular weight excluding hydrogens is 798 g/mol. The van der Waals surface area contributed by atoms with Gasteiger partial charge < -0.3 is 33.5 Å². The molecule has 6 heterocycles. The molecular formula is C51H59FN5O6+. The summed E-state index contributed by atoms with van der Waals surface area (Å²) in [5.41, 5.74) is 7.11. The number of benzene rings is 3. The summed E-state index contributed by atoms with van der Waals surface area (Å²) in [4.78, 5) is 31.6. The first-order chi connectivity index (χ1) is 30.5. The molecule has 5 aliphatic heterocycles. The number of anilines is 1. The smallest absolute Gasteiger partial charge is 0.410 e. The van der Waals surface area contributed by atoms with Crippen LogP contribution in [0.1, 0.15) is 124 Å². The lowest BCUT2D eigenvalue weighted by atomic mass is 9.80. The molecule has 1 aliphatic carbocycles. The van der Waals surface area contributed by atoms with Crippen LogP contribution in [0.5, 0.6) is 11.8 Å². The van der Waals surface area contributed by atoms with Gasteiger partial charge in [0, 0.05) is 59.7 Å². The fourth-order valence-electron chi connectivity index (χ4n) is 10.4. The molecule has 4 aromatic rings. The Labute approximate surface area is 369 Å². The quantitative estimate of drug-likeness (QED) is 0.154. The van der Waals surface area contributed by atoms with E-state index in [1.807, 2.05) is 56.9 Å².